The first-order valence-electron chi connectivity index (χ1n) is 11.5. The van der Waals surface area contributed by atoms with Crippen LogP contribution in [0.1, 0.15) is 41.0 Å². The lowest BCUT2D eigenvalue weighted by Gasteiger charge is -2.18. The minimum atomic E-state index is -3.88. The summed E-state index contributed by atoms with van der Waals surface area (Å²) in [6.07, 6.45) is 0. The third-order valence-corrected chi connectivity index (χ3v) is 8.63. The number of non-ortho nitro benzene ring substituents is 1. The number of hydrogen-bond acceptors (Lipinski definition) is 7. The highest BCUT2D eigenvalue weighted by Crippen LogP contribution is 2.30. The van der Waals surface area contributed by atoms with E-state index in [4.69, 9.17) is 0 Å². The maximum Gasteiger partial charge on any atom is 0.269 e. The Balaban J connectivity index is 1.71. The molecule has 1 aromatic heterocycles. The minimum Gasteiger partial charge on any atom is -0.273 e. The van der Waals surface area contributed by atoms with Crippen LogP contribution in [0.15, 0.2) is 76.8 Å². The van der Waals surface area contributed by atoms with Gasteiger partial charge in [0.1, 0.15) is 0 Å². The Morgan fingerprint density at radius 1 is 1.00 bits per heavy atom. The highest BCUT2D eigenvalue weighted by atomic mass is 32.2. The summed E-state index contributed by atoms with van der Waals surface area (Å²) in [4.78, 5) is 10.9. The predicted molar refractivity (Wildman–Crippen MR) is 143 cm³/mol. The van der Waals surface area contributed by atoms with Gasteiger partial charge in [0.05, 0.1) is 15.9 Å². The van der Waals surface area contributed by atoms with Gasteiger partial charge in [-0.3, -0.25) is 14.7 Å². The van der Waals surface area contributed by atoms with Crippen LogP contribution in [0.4, 0.5) is 5.69 Å². The highest BCUT2D eigenvalue weighted by molar-refractivity contribution is 7.98. The molecule has 1 unspecified atom stereocenters. The van der Waals surface area contributed by atoms with Crippen molar-refractivity contribution in [1.29, 1.82) is 0 Å². The molecule has 4 rings (SSSR count). The van der Waals surface area contributed by atoms with Gasteiger partial charge >= 0.3 is 0 Å². The molecule has 1 heterocycles. The molecule has 0 aliphatic rings. The zero-order valence-electron chi connectivity index (χ0n) is 20.9. The Hall–Kier alpha value is -3.54. The number of nitro benzene ring substituents is 1. The van der Waals surface area contributed by atoms with E-state index < -0.39 is 21.0 Å². The van der Waals surface area contributed by atoms with E-state index in [0.29, 0.717) is 33.5 Å². The molecule has 1 N–H and O–H groups in total. The average Bonchev–Trinajstić information content (AvgIpc) is 3.26. The molecule has 11 heteroatoms. The fourth-order valence-corrected chi connectivity index (χ4v) is 6.85. The number of benzene rings is 3. The van der Waals surface area contributed by atoms with Crippen molar-refractivity contribution in [3.63, 3.8) is 0 Å². The standard InChI is InChI=1S/C26H27N5O4S2/c1-17-14-18(2)24(19(3)15-17)37(34,35)29-20(4)25-27-28-26(36-16-21-8-6-5-7-9-21)30(25)22-10-12-23(13-11-22)31(32)33/h5-15,20,29H,16H2,1-4H3. The topological polar surface area (TPSA) is 120 Å². The molecule has 0 aliphatic carbocycles. The summed E-state index contributed by atoms with van der Waals surface area (Å²) in [5, 5.41) is 20.4. The van der Waals surface area contributed by atoms with Gasteiger partial charge in [0.25, 0.3) is 5.69 Å². The molecule has 4 aromatic rings. The smallest absolute Gasteiger partial charge is 0.269 e. The fraction of sp³-hybridized carbons (Fsp3) is 0.231. The van der Waals surface area contributed by atoms with E-state index in [1.807, 2.05) is 49.4 Å². The van der Waals surface area contributed by atoms with Crippen LogP contribution >= 0.6 is 11.8 Å². The number of nitrogens with zero attached hydrogens (tertiary/aromatic N) is 4. The lowest BCUT2D eigenvalue weighted by Crippen LogP contribution is -2.30. The Labute approximate surface area is 220 Å². The first-order valence-corrected chi connectivity index (χ1v) is 14.0. The highest BCUT2D eigenvalue weighted by Gasteiger charge is 2.27. The molecule has 0 bridgehead atoms. The molecule has 3 aromatic carbocycles. The maximum atomic E-state index is 13.4. The largest absolute Gasteiger partial charge is 0.273 e. The van der Waals surface area contributed by atoms with E-state index in [2.05, 4.69) is 14.9 Å². The number of aryl methyl sites for hydroxylation is 3. The number of nitro groups is 1. The molecular weight excluding hydrogens is 510 g/mol. The molecule has 0 fully saturated rings. The number of thioether (sulfide) groups is 1. The lowest BCUT2D eigenvalue weighted by molar-refractivity contribution is -0.384. The Morgan fingerprint density at radius 2 is 1.62 bits per heavy atom. The van der Waals surface area contributed by atoms with Crippen LogP contribution in [0.25, 0.3) is 5.69 Å². The van der Waals surface area contributed by atoms with Gasteiger partial charge in [-0.25, -0.2) is 13.1 Å². The van der Waals surface area contributed by atoms with Crippen molar-refractivity contribution in [3.8, 4) is 5.69 Å². The summed E-state index contributed by atoms with van der Waals surface area (Å²) in [7, 11) is -3.88. The normalized spacial score (nSPS) is 12.4. The van der Waals surface area contributed by atoms with Crippen molar-refractivity contribution in [1.82, 2.24) is 19.5 Å². The molecule has 0 spiro atoms. The second-order valence-corrected chi connectivity index (χ2v) is 11.4. The van der Waals surface area contributed by atoms with Gasteiger partial charge in [-0.15, -0.1) is 10.2 Å². The molecule has 0 radical (unpaired) electrons. The van der Waals surface area contributed by atoms with E-state index >= 15 is 0 Å². The monoisotopic (exact) mass is 537 g/mol. The van der Waals surface area contributed by atoms with Crippen molar-refractivity contribution in [2.75, 3.05) is 0 Å². The molecule has 0 amide bonds. The zero-order chi connectivity index (χ0) is 26.7. The first-order chi connectivity index (χ1) is 17.6. The van der Waals surface area contributed by atoms with Gasteiger partial charge in [0, 0.05) is 23.6 Å². The average molecular weight is 538 g/mol. The molecule has 0 saturated heterocycles. The molecule has 9 nitrogen and oxygen atoms in total. The van der Waals surface area contributed by atoms with Gasteiger partial charge < -0.3 is 0 Å². The summed E-state index contributed by atoms with van der Waals surface area (Å²) < 4.78 is 31.3. The van der Waals surface area contributed by atoms with E-state index in [1.165, 1.54) is 23.9 Å². The van der Waals surface area contributed by atoms with Crippen LogP contribution in [-0.2, 0) is 15.8 Å². The third-order valence-electron chi connectivity index (χ3n) is 5.78. The van der Waals surface area contributed by atoms with Crippen molar-refractivity contribution in [2.45, 2.75) is 49.5 Å². The summed E-state index contributed by atoms with van der Waals surface area (Å²) in [6, 6.07) is 18.8. The van der Waals surface area contributed by atoms with E-state index in [1.54, 1.807) is 37.5 Å². The van der Waals surface area contributed by atoms with E-state index in [9.17, 15) is 18.5 Å². The van der Waals surface area contributed by atoms with Gasteiger partial charge in [0.15, 0.2) is 11.0 Å². The van der Waals surface area contributed by atoms with Crippen molar-refractivity contribution in [3.05, 3.63) is 105 Å². The number of aromatic nitrogens is 3. The van der Waals surface area contributed by atoms with Crippen LogP contribution in [0.5, 0.6) is 0 Å². The van der Waals surface area contributed by atoms with Gasteiger partial charge in [0.2, 0.25) is 10.0 Å². The quantitative estimate of drug-likeness (QED) is 0.172. The molecule has 0 saturated carbocycles. The summed E-state index contributed by atoms with van der Waals surface area (Å²) >= 11 is 1.44. The zero-order valence-corrected chi connectivity index (χ0v) is 22.5. The van der Waals surface area contributed by atoms with Crippen LogP contribution in [-0.4, -0.2) is 28.1 Å². The summed E-state index contributed by atoms with van der Waals surface area (Å²) in [6.45, 7) is 7.18. The predicted octanol–water partition coefficient (Wildman–Crippen LogP) is 5.43. The molecular formula is C26H27N5O4S2. The Morgan fingerprint density at radius 3 is 2.22 bits per heavy atom. The van der Waals surface area contributed by atoms with Gasteiger partial charge in [-0.1, -0.05) is 59.8 Å². The number of nitrogens with one attached hydrogen (secondary N) is 1. The van der Waals surface area contributed by atoms with Crippen LogP contribution in [0.2, 0.25) is 0 Å². The van der Waals surface area contributed by atoms with E-state index in [-0.39, 0.29) is 10.6 Å². The molecule has 192 valence electrons. The minimum absolute atomic E-state index is 0.0454. The maximum absolute atomic E-state index is 13.4. The van der Waals surface area contributed by atoms with Crippen LogP contribution in [0.3, 0.4) is 0 Å². The van der Waals surface area contributed by atoms with Crippen LogP contribution in [0, 0.1) is 30.9 Å². The summed E-state index contributed by atoms with van der Waals surface area (Å²) in [5.41, 5.74) is 3.94. The van der Waals surface area contributed by atoms with Gasteiger partial charge in [-0.2, -0.15) is 0 Å². The summed E-state index contributed by atoms with van der Waals surface area (Å²) in [5.74, 6) is 0.990. The first kappa shape index (κ1) is 26.5. The second-order valence-electron chi connectivity index (χ2n) is 8.79. The Bertz CT molecular complexity index is 1510. The number of rotatable bonds is 9. The molecule has 1 atom stereocenters. The molecule has 37 heavy (non-hydrogen) atoms. The third kappa shape index (κ3) is 5.90. The van der Waals surface area contributed by atoms with E-state index in [0.717, 1.165) is 11.1 Å². The fourth-order valence-electron chi connectivity index (χ4n) is 4.28. The van der Waals surface area contributed by atoms with Crippen LogP contribution < -0.4 is 4.72 Å². The van der Waals surface area contributed by atoms with Crippen molar-refractivity contribution in [2.24, 2.45) is 0 Å². The lowest BCUT2D eigenvalue weighted by atomic mass is 10.1. The SMILES string of the molecule is Cc1cc(C)c(S(=O)(=O)NC(C)c2nnc(SCc3ccccc3)n2-c2ccc([N+](=O)[O-])cc2)c(C)c1. The Kier molecular flexibility index (Phi) is 7.76. The number of hydrogen-bond donors (Lipinski definition) is 1. The number of sulfonamides is 1. The van der Waals surface area contributed by atoms with Crippen molar-refractivity contribution < 1.29 is 13.3 Å². The van der Waals surface area contributed by atoms with Crippen molar-refractivity contribution >= 4 is 27.5 Å². The van der Waals surface area contributed by atoms with Gasteiger partial charge in [-0.05, 0) is 56.5 Å². The molecule has 0 aliphatic heterocycles. The second kappa shape index (κ2) is 10.8.